The zero-order valence-electron chi connectivity index (χ0n) is 15.5. The summed E-state index contributed by atoms with van der Waals surface area (Å²) in [6, 6.07) is 0. The Morgan fingerprint density at radius 3 is 2.65 bits per heavy atom. The average Bonchev–Trinajstić information content (AvgIpc) is 2.88. The number of nitrogens with zero attached hydrogens (tertiary/aromatic N) is 1. The number of likely N-dealkylation sites (tertiary alicyclic amines) is 1. The van der Waals surface area contributed by atoms with Crippen LogP contribution in [-0.2, 0) is 19.2 Å². The summed E-state index contributed by atoms with van der Waals surface area (Å²) in [7, 11) is 0. The number of rotatable bonds is 6. The lowest BCUT2D eigenvalue weighted by molar-refractivity contribution is -0.157. The molecule has 0 aromatic heterocycles. The molecule has 0 spiro atoms. The highest BCUT2D eigenvalue weighted by Gasteiger charge is 2.56. The van der Waals surface area contributed by atoms with E-state index in [4.69, 9.17) is 0 Å². The third kappa shape index (κ3) is 3.04. The van der Waals surface area contributed by atoms with Crippen molar-refractivity contribution in [1.82, 2.24) is 15.5 Å². The molecule has 7 heteroatoms. The molecule has 0 radical (unpaired) electrons. The molecule has 1 aliphatic carbocycles. The van der Waals surface area contributed by atoms with Gasteiger partial charge in [-0.3, -0.25) is 29.4 Å². The predicted octanol–water partition coefficient (Wildman–Crippen LogP) is 1.38. The highest BCUT2D eigenvalue weighted by atomic mass is 16.2. The fraction of sp³-hybridized carbons (Fsp3) is 0.684. The van der Waals surface area contributed by atoms with Crippen molar-refractivity contribution in [2.75, 3.05) is 6.54 Å². The Kier molecular flexibility index (Phi) is 5.16. The monoisotopic (exact) mass is 361 g/mol. The van der Waals surface area contributed by atoms with E-state index in [1.54, 1.807) is 6.92 Å². The van der Waals surface area contributed by atoms with Crippen molar-refractivity contribution in [3.63, 3.8) is 0 Å². The van der Waals surface area contributed by atoms with Crippen molar-refractivity contribution < 1.29 is 19.2 Å². The molecular weight excluding hydrogens is 334 g/mol. The Morgan fingerprint density at radius 1 is 1.19 bits per heavy atom. The van der Waals surface area contributed by atoms with E-state index in [1.807, 2.05) is 0 Å². The molecule has 2 atom stereocenters. The standard InChI is InChI=1S/C19H27N3O4/c1-3-4-5-11-20-13-8-6-7-12-15(13)17(25)22(16(12)24)19(2)10-9-14(23)21-18(19)26/h12,20H,3-11H2,1-2H3,(H,21,23,26). The molecule has 2 saturated heterocycles. The van der Waals surface area contributed by atoms with Crippen molar-refractivity contribution in [2.45, 2.75) is 70.8 Å². The number of carbonyl (C=O) groups is 4. The minimum atomic E-state index is -1.29. The van der Waals surface area contributed by atoms with Crippen LogP contribution in [0.5, 0.6) is 0 Å². The molecule has 2 heterocycles. The molecule has 2 aliphatic heterocycles. The van der Waals surface area contributed by atoms with Crippen LogP contribution in [0.4, 0.5) is 0 Å². The molecule has 4 amide bonds. The number of imide groups is 2. The van der Waals surface area contributed by atoms with Crippen molar-refractivity contribution in [1.29, 1.82) is 0 Å². The second kappa shape index (κ2) is 7.21. The molecule has 26 heavy (non-hydrogen) atoms. The number of hydrogen-bond acceptors (Lipinski definition) is 5. The van der Waals surface area contributed by atoms with Gasteiger partial charge in [-0.05, 0) is 39.0 Å². The Balaban J connectivity index is 1.87. The third-order valence-electron chi connectivity index (χ3n) is 5.74. The van der Waals surface area contributed by atoms with Gasteiger partial charge in [0.2, 0.25) is 11.8 Å². The number of nitrogens with one attached hydrogen (secondary N) is 2. The quantitative estimate of drug-likeness (QED) is 0.550. The maximum Gasteiger partial charge on any atom is 0.259 e. The number of unbranched alkanes of at least 4 members (excludes halogenated alkanes) is 2. The number of piperidine rings is 1. The van der Waals surface area contributed by atoms with Crippen LogP contribution in [0, 0.1) is 5.92 Å². The van der Waals surface area contributed by atoms with Gasteiger partial charge in [0.05, 0.1) is 5.92 Å². The molecule has 0 saturated carbocycles. The highest BCUT2D eigenvalue weighted by Crippen LogP contribution is 2.41. The van der Waals surface area contributed by atoms with Gasteiger partial charge in [-0.2, -0.15) is 0 Å². The van der Waals surface area contributed by atoms with E-state index >= 15 is 0 Å². The average molecular weight is 361 g/mol. The largest absolute Gasteiger partial charge is 0.388 e. The van der Waals surface area contributed by atoms with Crippen LogP contribution in [0.25, 0.3) is 0 Å². The molecule has 7 nitrogen and oxygen atoms in total. The van der Waals surface area contributed by atoms with Crippen LogP contribution < -0.4 is 10.6 Å². The van der Waals surface area contributed by atoms with E-state index < -0.39 is 17.4 Å². The number of amides is 4. The van der Waals surface area contributed by atoms with Crippen molar-refractivity contribution in [3.05, 3.63) is 11.3 Å². The van der Waals surface area contributed by atoms with Crippen LogP contribution >= 0.6 is 0 Å². The van der Waals surface area contributed by atoms with Gasteiger partial charge >= 0.3 is 0 Å². The van der Waals surface area contributed by atoms with Gasteiger partial charge in [0.15, 0.2) is 0 Å². The Labute approximate surface area is 153 Å². The van der Waals surface area contributed by atoms with Gasteiger partial charge < -0.3 is 5.32 Å². The summed E-state index contributed by atoms with van der Waals surface area (Å²) >= 11 is 0. The summed E-state index contributed by atoms with van der Waals surface area (Å²) in [5, 5.41) is 5.63. The zero-order chi connectivity index (χ0) is 18.9. The Morgan fingerprint density at radius 2 is 1.96 bits per heavy atom. The normalized spacial score (nSPS) is 29.2. The predicted molar refractivity (Wildman–Crippen MR) is 94.5 cm³/mol. The first kappa shape index (κ1) is 18.6. The van der Waals surface area contributed by atoms with E-state index in [9.17, 15) is 19.2 Å². The van der Waals surface area contributed by atoms with E-state index in [0.717, 1.165) is 49.2 Å². The van der Waals surface area contributed by atoms with Crippen molar-refractivity contribution in [2.24, 2.45) is 5.92 Å². The van der Waals surface area contributed by atoms with E-state index in [1.165, 1.54) is 0 Å². The van der Waals surface area contributed by atoms with Crippen LogP contribution in [0.1, 0.15) is 65.2 Å². The van der Waals surface area contributed by atoms with E-state index in [0.29, 0.717) is 12.0 Å². The molecule has 0 bridgehead atoms. The maximum atomic E-state index is 13.1. The second-order valence-electron chi connectivity index (χ2n) is 7.60. The molecule has 2 fully saturated rings. The summed E-state index contributed by atoms with van der Waals surface area (Å²) < 4.78 is 0. The molecular formula is C19H27N3O4. The van der Waals surface area contributed by atoms with Gasteiger partial charge in [-0.1, -0.05) is 19.8 Å². The van der Waals surface area contributed by atoms with Crippen LogP contribution in [0.15, 0.2) is 11.3 Å². The van der Waals surface area contributed by atoms with Crippen LogP contribution in [0.2, 0.25) is 0 Å². The molecule has 0 aromatic carbocycles. The van der Waals surface area contributed by atoms with Crippen LogP contribution in [-0.4, -0.2) is 40.6 Å². The SMILES string of the molecule is CCCCCNC1=C2C(=O)N(C3(C)CCC(=O)NC3=O)C(=O)C2CCC1. The van der Waals surface area contributed by atoms with Gasteiger partial charge in [-0.25, -0.2) is 0 Å². The maximum absolute atomic E-state index is 13.1. The van der Waals surface area contributed by atoms with Gasteiger partial charge in [0.25, 0.3) is 11.8 Å². The first-order chi connectivity index (χ1) is 12.4. The summed E-state index contributed by atoms with van der Waals surface area (Å²) in [5.74, 6) is -2.06. The first-order valence-corrected chi connectivity index (χ1v) is 9.59. The highest BCUT2D eigenvalue weighted by molar-refractivity contribution is 6.19. The van der Waals surface area contributed by atoms with Gasteiger partial charge in [-0.15, -0.1) is 0 Å². The second-order valence-corrected chi connectivity index (χ2v) is 7.60. The summed E-state index contributed by atoms with van der Waals surface area (Å²) in [4.78, 5) is 51.1. The van der Waals surface area contributed by atoms with Gasteiger partial charge in [0.1, 0.15) is 5.54 Å². The molecule has 2 N–H and O–H groups in total. The van der Waals surface area contributed by atoms with E-state index in [-0.39, 0.29) is 30.6 Å². The summed E-state index contributed by atoms with van der Waals surface area (Å²) in [6.07, 6.45) is 5.79. The van der Waals surface area contributed by atoms with Gasteiger partial charge in [0, 0.05) is 24.2 Å². The molecule has 3 rings (SSSR count). The van der Waals surface area contributed by atoms with E-state index in [2.05, 4.69) is 17.6 Å². The lowest BCUT2D eigenvalue weighted by atomic mass is 9.87. The zero-order valence-corrected chi connectivity index (χ0v) is 15.5. The Bertz CT molecular complexity index is 684. The number of allylic oxidation sites excluding steroid dienone is 1. The minimum absolute atomic E-state index is 0.130. The third-order valence-corrected chi connectivity index (χ3v) is 5.74. The molecule has 3 aliphatic rings. The molecule has 2 unspecified atom stereocenters. The lowest BCUT2D eigenvalue weighted by Crippen LogP contribution is -2.62. The summed E-state index contributed by atoms with van der Waals surface area (Å²) in [6.45, 7) is 4.50. The minimum Gasteiger partial charge on any atom is -0.388 e. The first-order valence-electron chi connectivity index (χ1n) is 9.59. The van der Waals surface area contributed by atoms with Crippen LogP contribution in [0.3, 0.4) is 0 Å². The Hall–Kier alpha value is -2.18. The topological polar surface area (TPSA) is 95.6 Å². The number of carbonyl (C=O) groups excluding carboxylic acids is 4. The number of fused-ring (bicyclic) bond motifs is 1. The molecule has 0 aromatic rings. The smallest absolute Gasteiger partial charge is 0.259 e. The summed E-state index contributed by atoms with van der Waals surface area (Å²) in [5.41, 5.74) is 0.0949. The molecule has 142 valence electrons. The van der Waals surface area contributed by atoms with Crippen molar-refractivity contribution >= 4 is 23.6 Å². The fourth-order valence-corrected chi connectivity index (χ4v) is 4.15. The van der Waals surface area contributed by atoms with Crippen molar-refractivity contribution in [3.8, 4) is 0 Å². The number of hydrogen-bond donors (Lipinski definition) is 2. The lowest BCUT2D eigenvalue weighted by Gasteiger charge is -2.38. The fourth-order valence-electron chi connectivity index (χ4n) is 4.15.